The SMILES string of the molecule is CC(C)c1cccc(OCC(=O)N2CCCC2)c1. The Labute approximate surface area is 109 Å². The molecule has 3 nitrogen and oxygen atoms in total. The Hall–Kier alpha value is -1.51. The highest BCUT2D eigenvalue weighted by Crippen LogP contribution is 2.20. The first-order chi connectivity index (χ1) is 8.66. The lowest BCUT2D eigenvalue weighted by molar-refractivity contribution is -0.132. The van der Waals surface area contributed by atoms with Crippen LogP contribution >= 0.6 is 0 Å². The average molecular weight is 247 g/mol. The van der Waals surface area contributed by atoms with Gasteiger partial charge in [-0.2, -0.15) is 0 Å². The molecule has 0 unspecified atom stereocenters. The minimum atomic E-state index is 0.0995. The average Bonchev–Trinajstić information content (AvgIpc) is 2.90. The zero-order chi connectivity index (χ0) is 13.0. The maximum Gasteiger partial charge on any atom is 0.260 e. The maximum absolute atomic E-state index is 11.8. The van der Waals surface area contributed by atoms with Crippen molar-refractivity contribution in [2.75, 3.05) is 19.7 Å². The molecule has 1 aliphatic heterocycles. The van der Waals surface area contributed by atoms with Crippen molar-refractivity contribution in [3.8, 4) is 5.75 Å². The number of rotatable bonds is 4. The summed E-state index contributed by atoms with van der Waals surface area (Å²) in [5.41, 5.74) is 1.24. The van der Waals surface area contributed by atoms with E-state index in [1.165, 1.54) is 5.56 Å². The van der Waals surface area contributed by atoms with E-state index in [9.17, 15) is 4.79 Å². The van der Waals surface area contributed by atoms with Crippen LogP contribution in [0.3, 0.4) is 0 Å². The van der Waals surface area contributed by atoms with E-state index in [4.69, 9.17) is 4.74 Å². The van der Waals surface area contributed by atoms with E-state index in [1.807, 2.05) is 23.1 Å². The molecule has 0 spiro atoms. The fourth-order valence-corrected chi connectivity index (χ4v) is 2.17. The highest BCUT2D eigenvalue weighted by Gasteiger charge is 2.18. The van der Waals surface area contributed by atoms with Crippen LogP contribution in [0.5, 0.6) is 5.75 Å². The Balaban J connectivity index is 1.89. The van der Waals surface area contributed by atoms with Gasteiger partial charge in [0.25, 0.3) is 5.91 Å². The third-order valence-electron chi connectivity index (χ3n) is 3.35. The molecular weight excluding hydrogens is 226 g/mol. The summed E-state index contributed by atoms with van der Waals surface area (Å²) in [6.45, 7) is 6.22. The number of likely N-dealkylation sites (tertiary alicyclic amines) is 1. The summed E-state index contributed by atoms with van der Waals surface area (Å²) in [5, 5.41) is 0. The monoisotopic (exact) mass is 247 g/mol. The molecule has 1 amide bonds. The van der Waals surface area contributed by atoms with E-state index in [0.717, 1.165) is 31.7 Å². The third-order valence-corrected chi connectivity index (χ3v) is 3.35. The van der Waals surface area contributed by atoms with Crippen molar-refractivity contribution in [2.24, 2.45) is 0 Å². The summed E-state index contributed by atoms with van der Waals surface area (Å²) in [7, 11) is 0. The lowest BCUT2D eigenvalue weighted by Gasteiger charge is -2.16. The lowest BCUT2D eigenvalue weighted by atomic mass is 10.0. The summed E-state index contributed by atoms with van der Waals surface area (Å²) in [6, 6.07) is 7.98. The highest BCUT2D eigenvalue weighted by atomic mass is 16.5. The Kier molecular flexibility index (Phi) is 4.24. The van der Waals surface area contributed by atoms with Gasteiger partial charge in [0.15, 0.2) is 6.61 Å². The number of nitrogens with zero attached hydrogens (tertiary/aromatic N) is 1. The van der Waals surface area contributed by atoms with Gasteiger partial charge < -0.3 is 9.64 Å². The van der Waals surface area contributed by atoms with Gasteiger partial charge in [-0.05, 0) is 36.5 Å². The number of carbonyl (C=O) groups excluding carboxylic acids is 1. The van der Waals surface area contributed by atoms with E-state index >= 15 is 0 Å². The van der Waals surface area contributed by atoms with Gasteiger partial charge in [0, 0.05) is 13.1 Å². The molecule has 0 aromatic heterocycles. The molecule has 0 bridgehead atoms. The van der Waals surface area contributed by atoms with E-state index in [-0.39, 0.29) is 12.5 Å². The number of hydrogen-bond acceptors (Lipinski definition) is 2. The quantitative estimate of drug-likeness (QED) is 0.818. The van der Waals surface area contributed by atoms with Gasteiger partial charge >= 0.3 is 0 Å². The Bertz CT molecular complexity index is 409. The van der Waals surface area contributed by atoms with E-state index in [2.05, 4.69) is 19.9 Å². The van der Waals surface area contributed by atoms with Crippen LogP contribution in [0.4, 0.5) is 0 Å². The van der Waals surface area contributed by atoms with Gasteiger partial charge in [0.1, 0.15) is 5.75 Å². The molecule has 1 aromatic carbocycles. The molecule has 0 radical (unpaired) electrons. The standard InChI is InChI=1S/C15H21NO2/c1-12(2)13-6-5-7-14(10-13)18-11-15(17)16-8-3-4-9-16/h5-7,10,12H,3-4,8-9,11H2,1-2H3. The minimum absolute atomic E-state index is 0.0995. The zero-order valence-electron chi connectivity index (χ0n) is 11.2. The number of hydrogen-bond donors (Lipinski definition) is 0. The van der Waals surface area contributed by atoms with Crippen LogP contribution in [0, 0.1) is 0 Å². The van der Waals surface area contributed by atoms with Gasteiger partial charge in [-0.3, -0.25) is 4.79 Å². The predicted molar refractivity (Wildman–Crippen MR) is 71.8 cm³/mol. The first kappa shape index (κ1) is 12.9. The van der Waals surface area contributed by atoms with Gasteiger partial charge in [0.05, 0.1) is 0 Å². The first-order valence-corrected chi connectivity index (χ1v) is 6.67. The Morgan fingerprint density at radius 3 is 2.72 bits per heavy atom. The van der Waals surface area contributed by atoms with Crippen molar-refractivity contribution in [1.29, 1.82) is 0 Å². The molecule has 0 aliphatic carbocycles. The van der Waals surface area contributed by atoms with Crippen LogP contribution in [-0.4, -0.2) is 30.5 Å². The smallest absolute Gasteiger partial charge is 0.260 e. The van der Waals surface area contributed by atoms with Crippen molar-refractivity contribution in [3.05, 3.63) is 29.8 Å². The molecule has 1 saturated heterocycles. The van der Waals surface area contributed by atoms with Crippen molar-refractivity contribution >= 4 is 5.91 Å². The number of amides is 1. The Morgan fingerprint density at radius 2 is 2.06 bits per heavy atom. The lowest BCUT2D eigenvalue weighted by Crippen LogP contribution is -2.32. The normalized spacial score (nSPS) is 15.2. The molecule has 98 valence electrons. The molecular formula is C15H21NO2. The van der Waals surface area contributed by atoms with Crippen LogP contribution in [0.25, 0.3) is 0 Å². The number of carbonyl (C=O) groups is 1. The third kappa shape index (κ3) is 3.25. The number of ether oxygens (including phenoxy) is 1. The van der Waals surface area contributed by atoms with Crippen LogP contribution < -0.4 is 4.74 Å². The molecule has 1 aliphatic rings. The molecule has 18 heavy (non-hydrogen) atoms. The molecule has 0 N–H and O–H groups in total. The molecule has 1 fully saturated rings. The second kappa shape index (κ2) is 5.89. The topological polar surface area (TPSA) is 29.5 Å². The summed E-state index contributed by atoms with van der Waals surface area (Å²) < 4.78 is 5.58. The van der Waals surface area contributed by atoms with Crippen LogP contribution in [0.15, 0.2) is 24.3 Å². The van der Waals surface area contributed by atoms with Crippen molar-refractivity contribution < 1.29 is 9.53 Å². The summed E-state index contributed by atoms with van der Waals surface area (Å²) in [4.78, 5) is 13.7. The van der Waals surface area contributed by atoms with Crippen LogP contribution in [0.1, 0.15) is 38.2 Å². The van der Waals surface area contributed by atoms with Crippen molar-refractivity contribution in [2.45, 2.75) is 32.6 Å². The predicted octanol–water partition coefficient (Wildman–Crippen LogP) is 2.81. The Morgan fingerprint density at radius 1 is 1.33 bits per heavy atom. The minimum Gasteiger partial charge on any atom is -0.484 e. The molecule has 3 heteroatoms. The molecule has 1 aromatic rings. The van der Waals surface area contributed by atoms with Gasteiger partial charge in [-0.25, -0.2) is 0 Å². The fraction of sp³-hybridized carbons (Fsp3) is 0.533. The van der Waals surface area contributed by atoms with E-state index in [1.54, 1.807) is 0 Å². The largest absolute Gasteiger partial charge is 0.484 e. The van der Waals surface area contributed by atoms with Gasteiger partial charge in [-0.15, -0.1) is 0 Å². The van der Waals surface area contributed by atoms with Crippen molar-refractivity contribution in [1.82, 2.24) is 4.90 Å². The number of benzene rings is 1. The molecule has 2 rings (SSSR count). The summed E-state index contributed by atoms with van der Waals surface area (Å²) in [6.07, 6.45) is 2.24. The molecule has 0 saturated carbocycles. The molecule has 0 atom stereocenters. The highest BCUT2D eigenvalue weighted by molar-refractivity contribution is 5.78. The second-order valence-corrected chi connectivity index (χ2v) is 5.10. The molecule has 1 heterocycles. The van der Waals surface area contributed by atoms with Crippen LogP contribution in [-0.2, 0) is 4.79 Å². The second-order valence-electron chi connectivity index (χ2n) is 5.10. The van der Waals surface area contributed by atoms with Crippen LogP contribution in [0.2, 0.25) is 0 Å². The van der Waals surface area contributed by atoms with Gasteiger partial charge in [-0.1, -0.05) is 26.0 Å². The summed E-state index contributed by atoms with van der Waals surface area (Å²) >= 11 is 0. The van der Waals surface area contributed by atoms with Gasteiger partial charge in [0.2, 0.25) is 0 Å². The summed E-state index contributed by atoms with van der Waals surface area (Å²) in [5.74, 6) is 1.36. The van der Waals surface area contributed by atoms with Crippen molar-refractivity contribution in [3.63, 3.8) is 0 Å². The zero-order valence-corrected chi connectivity index (χ0v) is 11.2. The maximum atomic E-state index is 11.8. The van der Waals surface area contributed by atoms with E-state index < -0.39 is 0 Å². The first-order valence-electron chi connectivity index (χ1n) is 6.67. The fourth-order valence-electron chi connectivity index (χ4n) is 2.17. The van der Waals surface area contributed by atoms with E-state index in [0.29, 0.717) is 5.92 Å².